The molecular formula is C19H23ClN4O4. The third kappa shape index (κ3) is 3.83. The predicted octanol–water partition coefficient (Wildman–Crippen LogP) is 1.77. The largest absolute Gasteiger partial charge is 0.465 e. The van der Waals surface area contributed by atoms with Crippen molar-refractivity contribution in [2.24, 2.45) is 7.05 Å². The number of aryl methyl sites for hydroxylation is 1. The lowest BCUT2D eigenvalue weighted by Gasteiger charge is -2.11. The van der Waals surface area contributed by atoms with Crippen LogP contribution in [0.1, 0.15) is 25.3 Å². The van der Waals surface area contributed by atoms with Crippen LogP contribution in [-0.4, -0.2) is 37.0 Å². The zero-order valence-electron chi connectivity index (χ0n) is 15.9. The molecule has 2 heterocycles. The highest BCUT2D eigenvalue weighted by Gasteiger charge is 2.21. The summed E-state index contributed by atoms with van der Waals surface area (Å²) < 4.78 is 9.91. The molecule has 2 aromatic heterocycles. The van der Waals surface area contributed by atoms with Crippen molar-refractivity contribution in [3.8, 4) is 6.01 Å². The topological polar surface area (TPSA) is 91.3 Å². The van der Waals surface area contributed by atoms with Crippen LogP contribution in [0.15, 0.2) is 33.9 Å². The molecular weight excluding hydrogens is 384 g/mol. The number of hydrogen-bond acceptors (Lipinski definition) is 5. The molecule has 1 aromatic carbocycles. The Hall–Kier alpha value is -2.58. The second-order valence-electron chi connectivity index (χ2n) is 6.50. The fourth-order valence-corrected chi connectivity index (χ4v) is 3.13. The Bertz CT molecular complexity index is 1080. The lowest BCUT2D eigenvalue weighted by molar-refractivity contribution is 0.277. The van der Waals surface area contributed by atoms with Crippen LogP contribution in [0.3, 0.4) is 0 Å². The number of imidazole rings is 1. The zero-order valence-corrected chi connectivity index (χ0v) is 16.6. The molecule has 0 radical (unpaired) electrons. The number of aliphatic hydroxyl groups is 1. The number of nitrogens with zero attached hydrogens (tertiary/aromatic N) is 4. The summed E-state index contributed by atoms with van der Waals surface area (Å²) >= 11 is 5.97. The van der Waals surface area contributed by atoms with E-state index in [0.29, 0.717) is 36.1 Å². The van der Waals surface area contributed by atoms with Crippen LogP contribution >= 0.6 is 11.6 Å². The van der Waals surface area contributed by atoms with E-state index in [1.807, 2.05) is 19.1 Å². The minimum atomic E-state index is -0.468. The van der Waals surface area contributed by atoms with Gasteiger partial charge < -0.3 is 9.84 Å². The van der Waals surface area contributed by atoms with Gasteiger partial charge in [-0.15, -0.1) is 0 Å². The first-order chi connectivity index (χ1) is 13.5. The molecule has 0 saturated carbocycles. The van der Waals surface area contributed by atoms with Gasteiger partial charge in [-0.05, 0) is 30.5 Å². The lowest BCUT2D eigenvalue weighted by Crippen LogP contribution is -2.39. The van der Waals surface area contributed by atoms with Crippen molar-refractivity contribution in [1.29, 1.82) is 0 Å². The summed E-state index contributed by atoms with van der Waals surface area (Å²) in [4.78, 5) is 30.1. The molecule has 3 rings (SSSR count). The van der Waals surface area contributed by atoms with Gasteiger partial charge in [0.2, 0.25) is 0 Å². The van der Waals surface area contributed by atoms with E-state index < -0.39 is 11.2 Å². The normalized spacial score (nSPS) is 11.3. The monoisotopic (exact) mass is 406 g/mol. The van der Waals surface area contributed by atoms with Crippen LogP contribution in [0.2, 0.25) is 5.02 Å². The number of benzene rings is 1. The first kappa shape index (κ1) is 20.2. The number of fused-ring (bicyclic) bond motifs is 1. The Labute approximate surface area is 166 Å². The number of aromatic nitrogens is 4. The third-order valence-corrected chi connectivity index (χ3v) is 4.68. The average Bonchev–Trinajstić information content (AvgIpc) is 3.05. The molecule has 3 aromatic rings. The van der Waals surface area contributed by atoms with Gasteiger partial charge in [-0.3, -0.25) is 18.5 Å². The highest BCUT2D eigenvalue weighted by Crippen LogP contribution is 2.21. The van der Waals surface area contributed by atoms with E-state index in [-0.39, 0.29) is 18.8 Å². The summed E-state index contributed by atoms with van der Waals surface area (Å²) in [5, 5.41) is 9.71. The molecule has 28 heavy (non-hydrogen) atoms. The molecule has 9 heteroatoms. The zero-order chi connectivity index (χ0) is 20.3. The van der Waals surface area contributed by atoms with Crippen molar-refractivity contribution in [3.05, 3.63) is 55.7 Å². The van der Waals surface area contributed by atoms with E-state index in [0.717, 1.165) is 16.6 Å². The smallest absolute Gasteiger partial charge is 0.332 e. The van der Waals surface area contributed by atoms with E-state index in [1.54, 1.807) is 23.7 Å². The maximum absolute atomic E-state index is 13.1. The van der Waals surface area contributed by atoms with Crippen LogP contribution < -0.4 is 16.0 Å². The van der Waals surface area contributed by atoms with Gasteiger partial charge in [0, 0.05) is 25.2 Å². The standard InChI is InChI=1S/C19H23ClN4O4/c1-3-11-28-18-21-16-15(24(18)12-13-5-7-14(20)8-6-13)17(26)23(9-4-10-25)19(27)22(16)2/h5-8,25H,3-4,9-12H2,1-2H3. The van der Waals surface area contributed by atoms with E-state index in [4.69, 9.17) is 21.4 Å². The van der Waals surface area contributed by atoms with Gasteiger partial charge in [0.05, 0.1) is 13.2 Å². The molecule has 0 fully saturated rings. The van der Waals surface area contributed by atoms with Crippen LogP contribution in [0, 0.1) is 0 Å². The summed E-state index contributed by atoms with van der Waals surface area (Å²) in [5.74, 6) is 0. The molecule has 0 spiro atoms. The third-order valence-electron chi connectivity index (χ3n) is 4.43. The van der Waals surface area contributed by atoms with Crippen molar-refractivity contribution < 1.29 is 9.84 Å². The highest BCUT2D eigenvalue weighted by atomic mass is 35.5. The Balaban J connectivity index is 2.22. The maximum Gasteiger partial charge on any atom is 0.332 e. The molecule has 8 nitrogen and oxygen atoms in total. The summed E-state index contributed by atoms with van der Waals surface area (Å²) in [5.41, 5.74) is 0.570. The minimum Gasteiger partial charge on any atom is -0.465 e. The predicted molar refractivity (Wildman–Crippen MR) is 107 cm³/mol. The Kier molecular flexibility index (Phi) is 6.21. The van der Waals surface area contributed by atoms with Gasteiger partial charge in [0.15, 0.2) is 11.2 Å². The van der Waals surface area contributed by atoms with Gasteiger partial charge in [-0.1, -0.05) is 30.7 Å². The number of rotatable bonds is 8. The van der Waals surface area contributed by atoms with Crippen LogP contribution in [-0.2, 0) is 20.1 Å². The van der Waals surface area contributed by atoms with Gasteiger partial charge in [0.1, 0.15) is 0 Å². The first-order valence-electron chi connectivity index (χ1n) is 9.16. The molecule has 0 unspecified atom stereocenters. The number of ether oxygens (including phenoxy) is 1. The molecule has 150 valence electrons. The molecule has 0 aliphatic rings. The van der Waals surface area contributed by atoms with Crippen LogP contribution in [0.5, 0.6) is 6.01 Å². The van der Waals surface area contributed by atoms with Crippen molar-refractivity contribution >= 4 is 22.8 Å². The van der Waals surface area contributed by atoms with Crippen LogP contribution in [0.4, 0.5) is 0 Å². The van der Waals surface area contributed by atoms with Crippen molar-refractivity contribution in [2.75, 3.05) is 13.2 Å². The molecule has 0 aliphatic carbocycles. The lowest BCUT2D eigenvalue weighted by atomic mass is 10.2. The van der Waals surface area contributed by atoms with E-state index in [9.17, 15) is 9.59 Å². The summed E-state index contributed by atoms with van der Waals surface area (Å²) in [7, 11) is 1.57. The quantitative estimate of drug-likeness (QED) is 0.615. The molecule has 0 atom stereocenters. The summed E-state index contributed by atoms with van der Waals surface area (Å²) in [6, 6.07) is 7.57. The first-order valence-corrected chi connectivity index (χ1v) is 9.53. The second kappa shape index (κ2) is 8.62. The molecule has 0 bridgehead atoms. The molecule has 0 aliphatic heterocycles. The number of aliphatic hydroxyl groups excluding tert-OH is 1. The van der Waals surface area contributed by atoms with Crippen molar-refractivity contribution in [1.82, 2.24) is 18.7 Å². The van der Waals surface area contributed by atoms with Gasteiger partial charge in [0.25, 0.3) is 11.6 Å². The number of halogens is 1. The average molecular weight is 407 g/mol. The minimum absolute atomic E-state index is 0.109. The van der Waals surface area contributed by atoms with Gasteiger partial charge in [-0.25, -0.2) is 4.79 Å². The van der Waals surface area contributed by atoms with Crippen LogP contribution in [0.25, 0.3) is 11.2 Å². The maximum atomic E-state index is 13.1. The molecule has 1 N–H and O–H groups in total. The fourth-order valence-electron chi connectivity index (χ4n) is 3.00. The van der Waals surface area contributed by atoms with Crippen molar-refractivity contribution in [2.45, 2.75) is 32.9 Å². The Morgan fingerprint density at radius 3 is 2.54 bits per heavy atom. The molecule has 0 saturated heterocycles. The number of hydrogen-bond donors (Lipinski definition) is 1. The fraction of sp³-hybridized carbons (Fsp3) is 0.421. The second-order valence-corrected chi connectivity index (χ2v) is 6.94. The molecule has 0 amide bonds. The Morgan fingerprint density at radius 1 is 1.18 bits per heavy atom. The van der Waals surface area contributed by atoms with E-state index >= 15 is 0 Å². The van der Waals surface area contributed by atoms with E-state index in [2.05, 4.69) is 4.98 Å². The van der Waals surface area contributed by atoms with Gasteiger partial charge in [-0.2, -0.15) is 4.98 Å². The van der Waals surface area contributed by atoms with E-state index in [1.165, 1.54) is 4.57 Å². The summed E-state index contributed by atoms with van der Waals surface area (Å²) in [6.07, 6.45) is 1.09. The van der Waals surface area contributed by atoms with Crippen molar-refractivity contribution in [3.63, 3.8) is 0 Å². The SMILES string of the molecule is CCCOc1nc2c(c(=O)n(CCCO)c(=O)n2C)n1Cc1ccc(Cl)cc1. The highest BCUT2D eigenvalue weighted by molar-refractivity contribution is 6.30. The van der Waals surface area contributed by atoms with Gasteiger partial charge >= 0.3 is 5.69 Å². The summed E-state index contributed by atoms with van der Waals surface area (Å²) in [6.45, 7) is 2.79. The Morgan fingerprint density at radius 2 is 1.89 bits per heavy atom.